The third-order valence-corrected chi connectivity index (χ3v) is 6.26. The van der Waals surface area contributed by atoms with Gasteiger partial charge in [0.1, 0.15) is 16.4 Å². The van der Waals surface area contributed by atoms with Crippen molar-refractivity contribution in [1.29, 1.82) is 0 Å². The molecule has 3 heterocycles. The quantitative estimate of drug-likeness (QED) is 0.415. The van der Waals surface area contributed by atoms with Crippen LogP contribution in [0.15, 0.2) is 53.9 Å². The maximum absolute atomic E-state index is 6.28. The van der Waals surface area contributed by atoms with Gasteiger partial charge in [-0.05, 0) is 46.8 Å². The highest BCUT2D eigenvalue weighted by Gasteiger charge is 2.23. The largest absolute Gasteiger partial charge is 0.497 e. The van der Waals surface area contributed by atoms with Gasteiger partial charge >= 0.3 is 0 Å². The van der Waals surface area contributed by atoms with Crippen molar-refractivity contribution in [2.45, 2.75) is 13.0 Å². The van der Waals surface area contributed by atoms with Crippen molar-refractivity contribution in [3.05, 3.63) is 70.3 Å². The van der Waals surface area contributed by atoms with Crippen LogP contribution in [-0.2, 0) is 13.0 Å². The lowest BCUT2D eigenvalue weighted by atomic mass is 9.99. The molecule has 4 aromatic rings. The first-order valence-electron chi connectivity index (χ1n) is 9.14. The van der Waals surface area contributed by atoms with E-state index in [1.54, 1.807) is 18.4 Å². The van der Waals surface area contributed by atoms with Crippen molar-refractivity contribution in [3.63, 3.8) is 0 Å². The van der Waals surface area contributed by atoms with Gasteiger partial charge in [0, 0.05) is 24.0 Å². The number of ether oxygens (including phenoxy) is 1. The number of hydrogen-bond acceptors (Lipinski definition) is 5. The summed E-state index contributed by atoms with van der Waals surface area (Å²) in [4.78, 5) is 12.4. The number of halogens is 1. The molecule has 4 nitrogen and oxygen atoms in total. The summed E-state index contributed by atoms with van der Waals surface area (Å²) in [5, 5.41) is 3.50. The third-order valence-electron chi connectivity index (χ3n) is 5.22. The number of aromatic nitrogens is 2. The Balaban J connectivity index is 1.63. The molecule has 1 aliphatic rings. The van der Waals surface area contributed by atoms with Gasteiger partial charge in [-0.1, -0.05) is 36.4 Å². The summed E-state index contributed by atoms with van der Waals surface area (Å²) in [6.07, 6.45) is 1.00. The first-order chi connectivity index (χ1) is 13.7. The Bertz CT molecular complexity index is 1160. The van der Waals surface area contributed by atoms with Gasteiger partial charge in [-0.15, -0.1) is 11.3 Å². The fraction of sp³-hybridized carbons (Fsp3) is 0.182. The fourth-order valence-corrected chi connectivity index (χ4v) is 4.94. The molecule has 0 spiro atoms. The highest BCUT2D eigenvalue weighted by atomic mass is 35.5. The van der Waals surface area contributed by atoms with Gasteiger partial charge in [-0.2, -0.15) is 4.98 Å². The first-order valence-corrected chi connectivity index (χ1v) is 10.4. The van der Waals surface area contributed by atoms with E-state index in [-0.39, 0.29) is 0 Å². The molecule has 140 valence electrons. The second-order valence-corrected chi connectivity index (χ2v) is 8.01. The van der Waals surface area contributed by atoms with Gasteiger partial charge in [-0.25, -0.2) is 4.98 Å². The minimum Gasteiger partial charge on any atom is -0.497 e. The van der Waals surface area contributed by atoms with E-state index in [2.05, 4.69) is 56.6 Å². The molecular formula is C22H18ClN3OS. The summed E-state index contributed by atoms with van der Waals surface area (Å²) in [5.41, 5.74) is 5.01. The van der Waals surface area contributed by atoms with Crippen LogP contribution in [0.2, 0.25) is 5.28 Å². The normalized spacial score (nSPS) is 13.6. The predicted octanol–water partition coefficient (Wildman–Crippen LogP) is 5.58. The second-order valence-electron chi connectivity index (χ2n) is 6.81. The zero-order valence-corrected chi connectivity index (χ0v) is 16.9. The van der Waals surface area contributed by atoms with Crippen LogP contribution < -0.4 is 9.64 Å². The zero-order valence-electron chi connectivity index (χ0n) is 15.4. The Labute approximate surface area is 172 Å². The number of hydrogen-bond donors (Lipinski definition) is 0. The Morgan fingerprint density at radius 3 is 2.61 bits per heavy atom. The number of nitrogens with zero attached hydrogens (tertiary/aromatic N) is 3. The molecule has 2 aromatic carbocycles. The van der Waals surface area contributed by atoms with Gasteiger partial charge in [0.2, 0.25) is 5.28 Å². The molecule has 6 heteroatoms. The number of rotatable bonds is 3. The summed E-state index contributed by atoms with van der Waals surface area (Å²) >= 11 is 7.88. The van der Waals surface area contributed by atoms with Crippen molar-refractivity contribution >= 4 is 39.0 Å². The molecule has 1 aliphatic heterocycles. The summed E-state index contributed by atoms with van der Waals surface area (Å²) in [5.74, 6) is 1.76. The van der Waals surface area contributed by atoms with E-state index in [1.807, 2.05) is 12.1 Å². The summed E-state index contributed by atoms with van der Waals surface area (Å²) in [6, 6.07) is 16.7. The van der Waals surface area contributed by atoms with Crippen LogP contribution in [0.3, 0.4) is 0 Å². The number of benzene rings is 2. The van der Waals surface area contributed by atoms with Crippen LogP contribution in [0.4, 0.5) is 5.82 Å². The van der Waals surface area contributed by atoms with Crippen LogP contribution in [0.25, 0.3) is 21.3 Å². The standard InChI is InChI=1S/C22H18ClN3OS/c1-27-17-8-6-15(7-9-17)18-13-28-21-19(18)20(24-22(23)25-21)26-11-10-14-4-2-3-5-16(14)12-26/h2-9,13H,10-12H2,1H3. The van der Waals surface area contributed by atoms with Gasteiger partial charge in [-0.3, -0.25) is 0 Å². The van der Waals surface area contributed by atoms with Gasteiger partial charge < -0.3 is 9.64 Å². The Hall–Kier alpha value is -2.63. The van der Waals surface area contributed by atoms with Crippen LogP contribution in [0.5, 0.6) is 5.75 Å². The molecule has 2 aromatic heterocycles. The molecule has 0 N–H and O–H groups in total. The topological polar surface area (TPSA) is 38.3 Å². The Morgan fingerprint density at radius 2 is 1.82 bits per heavy atom. The number of anilines is 1. The van der Waals surface area contributed by atoms with E-state index in [0.717, 1.165) is 52.4 Å². The smallest absolute Gasteiger partial charge is 0.225 e. The highest BCUT2D eigenvalue weighted by Crippen LogP contribution is 2.40. The third kappa shape index (κ3) is 3.01. The molecule has 0 aliphatic carbocycles. The Kier molecular flexibility index (Phi) is 4.41. The van der Waals surface area contributed by atoms with Gasteiger partial charge in [0.05, 0.1) is 12.5 Å². The predicted molar refractivity (Wildman–Crippen MR) is 116 cm³/mol. The fourth-order valence-electron chi connectivity index (χ4n) is 3.79. The van der Waals surface area contributed by atoms with Gasteiger partial charge in [0.25, 0.3) is 0 Å². The average Bonchev–Trinajstić information content (AvgIpc) is 3.16. The molecule has 0 atom stereocenters. The second kappa shape index (κ2) is 7.08. The molecule has 0 unspecified atom stereocenters. The first kappa shape index (κ1) is 17.5. The van der Waals surface area contributed by atoms with Crippen molar-refractivity contribution in [2.75, 3.05) is 18.6 Å². The number of methoxy groups -OCH3 is 1. The van der Waals surface area contributed by atoms with Gasteiger partial charge in [0.15, 0.2) is 0 Å². The SMILES string of the molecule is COc1ccc(-c2csc3nc(Cl)nc(N4CCc5ccccc5C4)c23)cc1. The van der Waals surface area contributed by atoms with E-state index in [1.165, 1.54) is 11.1 Å². The molecule has 0 amide bonds. The lowest BCUT2D eigenvalue weighted by Gasteiger charge is -2.30. The lowest BCUT2D eigenvalue weighted by molar-refractivity contribution is 0.415. The van der Waals surface area contributed by atoms with Crippen molar-refractivity contribution in [1.82, 2.24) is 9.97 Å². The van der Waals surface area contributed by atoms with Crippen LogP contribution in [0, 0.1) is 0 Å². The maximum atomic E-state index is 6.28. The molecule has 0 radical (unpaired) electrons. The summed E-state index contributed by atoms with van der Waals surface area (Å²) < 4.78 is 5.29. The minimum absolute atomic E-state index is 0.296. The number of thiophene rings is 1. The van der Waals surface area contributed by atoms with Crippen molar-refractivity contribution < 1.29 is 4.74 Å². The summed E-state index contributed by atoms with van der Waals surface area (Å²) in [6.45, 7) is 1.74. The molecule has 0 bridgehead atoms. The molecular weight excluding hydrogens is 390 g/mol. The van der Waals surface area contributed by atoms with E-state index in [9.17, 15) is 0 Å². The minimum atomic E-state index is 0.296. The zero-order chi connectivity index (χ0) is 19.1. The van der Waals surface area contributed by atoms with Crippen LogP contribution >= 0.6 is 22.9 Å². The van der Waals surface area contributed by atoms with Crippen LogP contribution in [0.1, 0.15) is 11.1 Å². The maximum Gasteiger partial charge on any atom is 0.225 e. The monoisotopic (exact) mass is 407 g/mol. The van der Waals surface area contributed by atoms with E-state index in [4.69, 9.17) is 16.3 Å². The van der Waals surface area contributed by atoms with E-state index >= 15 is 0 Å². The van der Waals surface area contributed by atoms with Crippen molar-refractivity contribution in [3.8, 4) is 16.9 Å². The Morgan fingerprint density at radius 1 is 1.04 bits per heavy atom. The molecule has 0 saturated carbocycles. The lowest BCUT2D eigenvalue weighted by Crippen LogP contribution is -2.31. The molecule has 5 rings (SSSR count). The van der Waals surface area contributed by atoms with E-state index in [0.29, 0.717) is 5.28 Å². The highest BCUT2D eigenvalue weighted by molar-refractivity contribution is 7.17. The molecule has 28 heavy (non-hydrogen) atoms. The average molecular weight is 408 g/mol. The number of fused-ring (bicyclic) bond motifs is 2. The van der Waals surface area contributed by atoms with Crippen molar-refractivity contribution in [2.24, 2.45) is 0 Å². The van der Waals surface area contributed by atoms with Crippen LogP contribution in [-0.4, -0.2) is 23.6 Å². The molecule has 0 fully saturated rings. The summed E-state index contributed by atoms with van der Waals surface area (Å²) in [7, 11) is 1.68. The van der Waals surface area contributed by atoms with E-state index < -0.39 is 0 Å². The molecule has 0 saturated heterocycles.